The fourth-order valence-corrected chi connectivity index (χ4v) is 2.79. The number of benzene rings is 1. The highest BCUT2D eigenvalue weighted by Crippen LogP contribution is 2.31. The number of aliphatic imine (C=N–C) groups is 1. The predicted octanol–water partition coefficient (Wildman–Crippen LogP) is 1.96. The van der Waals surface area contributed by atoms with E-state index >= 15 is 0 Å². The molecule has 0 fully saturated rings. The first-order valence-electron chi connectivity index (χ1n) is 7.02. The van der Waals surface area contributed by atoms with Gasteiger partial charge in [0, 0.05) is 18.0 Å². The molecule has 1 aliphatic carbocycles. The maximum atomic E-state index is 5.68. The Bertz CT molecular complexity index is 655. The van der Waals surface area contributed by atoms with Crippen molar-refractivity contribution in [2.75, 3.05) is 7.11 Å². The molecule has 2 N–H and O–H groups in total. The van der Waals surface area contributed by atoms with Gasteiger partial charge in [-0.05, 0) is 30.4 Å². The Labute approximate surface area is 123 Å². The van der Waals surface area contributed by atoms with Gasteiger partial charge in [-0.25, -0.2) is 4.99 Å². The molecule has 108 valence electrons. The molecule has 1 heterocycles. The van der Waals surface area contributed by atoms with E-state index in [2.05, 4.69) is 33.2 Å². The van der Waals surface area contributed by atoms with E-state index in [1.165, 1.54) is 11.1 Å². The number of amidine groups is 1. The van der Waals surface area contributed by atoms with Crippen molar-refractivity contribution in [3.63, 3.8) is 0 Å². The van der Waals surface area contributed by atoms with Gasteiger partial charge in [0.15, 0.2) is 0 Å². The SMILES string of the molecule is COC(N)=NC1CCc2cccc(-c3cnccn3)c2C1. The van der Waals surface area contributed by atoms with Gasteiger partial charge in [-0.15, -0.1) is 0 Å². The van der Waals surface area contributed by atoms with Crippen LogP contribution in [0.4, 0.5) is 0 Å². The van der Waals surface area contributed by atoms with Gasteiger partial charge < -0.3 is 10.5 Å². The molecule has 0 radical (unpaired) electrons. The highest BCUT2D eigenvalue weighted by molar-refractivity contribution is 5.71. The van der Waals surface area contributed by atoms with Crippen molar-refractivity contribution in [2.45, 2.75) is 25.3 Å². The lowest BCUT2D eigenvalue weighted by Crippen LogP contribution is -2.23. The summed E-state index contributed by atoms with van der Waals surface area (Å²) in [6.07, 6.45) is 8.04. The van der Waals surface area contributed by atoms with Gasteiger partial charge >= 0.3 is 0 Å². The van der Waals surface area contributed by atoms with Crippen molar-refractivity contribution in [1.82, 2.24) is 9.97 Å². The normalized spacial score (nSPS) is 18.1. The van der Waals surface area contributed by atoms with Crippen molar-refractivity contribution < 1.29 is 4.74 Å². The van der Waals surface area contributed by atoms with Gasteiger partial charge in [-0.2, -0.15) is 0 Å². The topological polar surface area (TPSA) is 73.4 Å². The number of rotatable bonds is 2. The zero-order chi connectivity index (χ0) is 14.7. The standard InChI is InChI=1S/C16H18N4O/c1-21-16(17)20-12-6-5-11-3-2-4-13(14(11)9-12)15-10-18-7-8-19-15/h2-4,7-8,10,12H,5-6,9H2,1H3,(H2,17,20). The molecule has 2 aromatic rings. The molecule has 1 unspecified atom stereocenters. The van der Waals surface area contributed by atoms with E-state index in [0.29, 0.717) is 0 Å². The summed E-state index contributed by atoms with van der Waals surface area (Å²) in [5.41, 5.74) is 10.4. The van der Waals surface area contributed by atoms with Crippen LogP contribution in [-0.4, -0.2) is 29.1 Å². The van der Waals surface area contributed by atoms with Crippen molar-refractivity contribution in [3.8, 4) is 11.3 Å². The van der Waals surface area contributed by atoms with E-state index in [9.17, 15) is 0 Å². The van der Waals surface area contributed by atoms with Gasteiger partial charge in [-0.1, -0.05) is 18.2 Å². The van der Waals surface area contributed by atoms with Crippen LogP contribution in [0.2, 0.25) is 0 Å². The van der Waals surface area contributed by atoms with Crippen LogP contribution in [0.15, 0.2) is 41.8 Å². The summed E-state index contributed by atoms with van der Waals surface area (Å²) in [5.74, 6) is 0. The summed E-state index contributed by atoms with van der Waals surface area (Å²) in [7, 11) is 1.54. The Morgan fingerprint density at radius 1 is 1.38 bits per heavy atom. The lowest BCUT2D eigenvalue weighted by atomic mass is 9.85. The second kappa shape index (κ2) is 5.91. The summed E-state index contributed by atoms with van der Waals surface area (Å²) in [6, 6.07) is 6.76. The van der Waals surface area contributed by atoms with Gasteiger partial charge in [0.25, 0.3) is 6.02 Å². The number of nitrogens with two attached hydrogens (primary N) is 1. The Balaban J connectivity index is 1.97. The maximum absolute atomic E-state index is 5.68. The first-order valence-corrected chi connectivity index (χ1v) is 7.02. The molecular formula is C16H18N4O. The molecule has 5 nitrogen and oxygen atoms in total. The van der Waals surface area contributed by atoms with Crippen LogP contribution in [0.25, 0.3) is 11.3 Å². The number of hydrogen-bond acceptors (Lipinski definition) is 4. The smallest absolute Gasteiger partial charge is 0.281 e. The summed E-state index contributed by atoms with van der Waals surface area (Å²) in [4.78, 5) is 13.0. The molecule has 1 aliphatic rings. The van der Waals surface area contributed by atoms with E-state index in [1.54, 1.807) is 25.7 Å². The van der Waals surface area contributed by atoms with E-state index in [-0.39, 0.29) is 12.1 Å². The minimum Gasteiger partial charge on any atom is -0.469 e. The lowest BCUT2D eigenvalue weighted by Gasteiger charge is -2.24. The fraction of sp³-hybridized carbons (Fsp3) is 0.312. The Hall–Kier alpha value is -2.43. The van der Waals surface area contributed by atoms with Crippen LogP contribution in [0.5, 0.6) is 0 Å². The summed E-state index contributed by atoms with van der Waals surface area (Å²) >= 11 is 0. The third-order valence-corrected chi connectivity index (χ3v) is 3.82. The van der Waals surface area contributed by atoms with E-state index in [4.69, 9.17) is 10.5 Å². The zero-order valence-corrected chi connectivity index (χ0v) is 12.0. The van der Waals surface area contributed by atoms with Crippen LogP contribution >= 0.6 is 0 Å². The first kappa shape index (κ1) is 13.5. The molecule has 0 saturated carbocycles. The number of aromatic nitrogens is 2. The van der Waals surface area contributed by atoms with Crippen molar-refractivity contribution in [2.24, 2.45) is 10.7 Å². The molecule has 3 rings (SSSR count). The summed E-state index contributed by atoms with van der Waals surface area (Å²) in [5, 5.41) is 0. The number of aryl methyl sites for hydroxylation is 1. The maximum Gasteiger partial charge on any atom is 0.281 e. The predicted molar refractivity (Wildman–Crippen MR) is 81.9 cm³/mol. The third-order valence-electron chi connectivity index (χ3n) is 3.82. The van der Waals surface area contributed by atoms with E-state index in [0.717, 1.165) is 30.5 Å². The quantitative estimate of drug-likeness (QED) is 0.675. The molecule has 0 amide bonds. The molecule has 1 aromatic heterocycles. The Kier molecular flexibility index (Phi) is 3.81. The first-order chi connectivity index (χ1) is 10.3. The Morgan fingerprint density at radius 2 is 2.29 bits per heavy atom. The highest BCUT2D eigenvalue weighted by Gasteiger charge is 2.21. The molecule has 0 spiro atoms. The fourth-order valence-electron chi connectivity index (χ4n) is 2.79. The van der Waals surface area contributed by atoms with Crippen LogP contribution in [0, 0.1) is 0 Å². The number of nitrogens with zero attached hydrogens (tertiary/aromatic N) is 3. The number of methoxy groups -OCH3 is 1. The largest absolute Gasteiger partial charge is 0.469 e. The number of fused-ring (bicyclic) bond motifs is 1. The molecule has 1 aromatic carbocycles. The third kappa shape index (κ3) is 2.86. The van der Waals surface area contributed by atoms with Crippen molar-refractivity contribution >= 4 is 6.02 Å². The van der Waals surface area contributed by atoms with E-state index in [1.807, 2.05) is 0 Å². The molecule has 1 atom stereocenters. The molecule has 21 heavy (non-hydrogen) atoms. The molecule has 5 heteroatoms. The molecule has 0 bridgehead atoms. The molecule has 0 aliphatic heterocycles. The summed E-state index contributed by atoms with van der Waals surface area (Å²) < 4.78 is 4.96. The van der Waals surface area contributed by atoms with Gasteiger partial charge in [0.05, 0.1) is 25.0 Å². The van der Waals surface area contributed by atoms with Crippen LogP contribution in [0.1, 0.15) is 17.5 Å². The monoisotopic (exact) mass is 282 g/mol. The van der Waals surface area contributed by atoms with Gasteiger partial charge in [0.2, 0.25) is 0 Å². The minimum atomic E-state index is 0.162. The van der Waals surface area contributed by atoms with Gasteiger partial charge in [-0.3, -0.25) is 9.97 Å². The highest BCUT2D eigenvalue weighted by atomic mass is 16.5. The number of ether oxygens (including phenoxy) is 1. The minimum absolute atomic E-state index is 0.162. The zero-order valence-electron chi connectivity index (χ0n) is 12.0. The van der Waals surface area contributed by atoms with Gasteiger partial charge in [0.1, 0.15) is 0 Å². The summed E-state index contributed by atoms with van der Waals surface area (Å²) in [6.45, 7) is 0. The van der Waals surface area contributed by atoms with Crippen molar-refractivity contribution in [1.29, 1.82) is 0 Å². The van der Waals surface area contributed by atoms with Crippen LogP contribution in [-0.2, 0) is 17.6 Å². The Morgan fingerprint density at radius 3 is 3.05 bits per heavy atom. The second-order valence-electron chi connectivity index (χ2n) is 5.10. The number of hydrogen-bond donors (Lipinski definition) is 1. The van der Waals surface area contributed by atoms with E-state index < -0.39 is 0 Å². The second-order valence-corrected chi connectivity index (χ2v) is 5.10. The molecule has 0 saturated heterocycles. The van der Waals surface area contributed by atoms with Crippen molar-refractivity contribution in [3.05, 3.63) is 47.9 Å². The van der Waals surface area contributed by atoms with Crippen LogP contribution < -0.4 is 5.73 Å². The molecular weight excluding hydrogens is 264 g/mol. The lowest BCUT2D eigenvalue weighted by molar-refractivity contribution is 0.388. The average molecular weight is 282 g/mol. The van der Waals surface area contributed by atoms with Crippen LogP contribution in [0.3, 0.4) is 0 Å². The average Bonchev–Trinajstić information content (AvgIpc) is 2.55.